The minimum atomic E-state index is -1.00. The van der Waals surface area contributed by atoms with E-state index >= 15 is 0 Å². The Hall–Kier alpha value is -3.54. The van der Waals surface area contributed by atoms with E-state index < -0.39 is 53.9 Å². The maximum atomic E-state index is 13.3. The summed E-state index contributed by atoms with van der Waals surface area (Å²) in [6, 6.07) is 0. The van der Waals surface area contributed by atoms with Crippen LogP contribution in [0, 0.1) is 11.8 Å². The Labute approximate surface area is 234 Å². The third-order valence-electron chi connectivity index (χ3n) is 6.95. The quantitative estimate of drug-likeness (QED) is 0.346. The molecule has 6 atom stereocenters. The zero-order valence-electron chi connectivity index (χ0n) is 24.1. The van der Waals surface area contributed by atoms with E-state index in [1.165, 1.54) is 34.3 Å². The molecule has 220 valence electrons. The number of fused-ring (bicyclic) bond motifs is 2. The standard InChI is InChI=1S/C29H40N2O9/c1-15-11-19-25(34)20(14-21(32)27(19)39-7)31-28(35)16(2)9-8-10-22(37-5)26(40-29(30)36)18(4)13-17(3)24(33)23(12-15)38-6/h8-10,13-15,17,22-24,26,33H,11-12H2,1-7H3,(H2,30,36)(H,31,35)/b10-8-,16-9+,18-13+/t15-,17+,22+,23?,24-,26+/m1/s1. The topological polar surface area (TPSA) is 163 Å². The van der Waals surface area contributed by atoms with Gasteiger partial charge in [0.1, 0.15) is 6.10 Å². The van der Waals surface area contributed by atoms with Crippen molar-refractivity contribution in [3.05, 3.63) is 58.6 Å². The average molecular weight is 561 g/mol. The van der Waals surface area contributed by atoms with Crippen molar-refractivity contribution in [2.24, 2.45) is 17.6 Å². The fourth-order valence-corrected chi connectivity index (χ4v) is 4.78. The number of aliphatic hydroxyl groups is 1. The number of carbonyl (C=O) groups excluding carboxylic acids is 4. The molecule has 1 unspecified atom stereocenters. The number of hydrogen-bond acceptors (Lipinski definition) is 9. The van der Waals surface area contributed by atoms with E-state index in [9.17, 15) is 24.3 Å². The summed E-state index contributed by atoms with van der Waals surface area (Å²) in [7, 11) is 4.21. The smallest absolute Gasteiger partial charge is 0.405 e. The molecule has 2 aliphatic rings. The molecule has 0 fully saturated rings. The van der Waals surface area contributed by atoms with Crippen molar-refractivity contribution in [1.82, 2.24) is 5.32 Å². The molecule has 1 aliphatic heterocycles. The molecule has 2 amide bonds. The molecule has 0 aromatic heterocycles. The van der Waals surface area contributed by atoms with E-state index in [2.05, 4.69) is 5.32 Å². The van der Waals surface area contributed by atoms with E-state index in [0.29, 0.717) is 12.0 Å². The first-order valence-corrected chi connectivity index (χ1v) is 13.0. The van der Waals surface area contributed by atoms with Crippen molar-refractivity contribution in [3.63, 3.8) is 0 Å². The van der Waals surface area contributed by atoms with E-state index in [1.54, 1.807) is 32.1 Å². The number of hydrogen-bond donors (Lipinski definition) is 3. The molecule has 0 saturated heterocycles. The van der Waals surface area contributed by atoms with Gasteiger partial charge in [-0.25, -0.2) is 4.79 Å². The van der Waals surface area contributed by atoms with E-state index in [1.807, 2.05) is 6.92 Å². The lowest BCUT2D eigenvalue weighted by molar-refractivity contribution is -0.120. The highest BCUT2D eigenvalue weighted by Gasteiger charge is 2.34. The largest absolute Gasteiger partial charge is 0.492 e. The summed E-state index contributed by atoms with van der Waals surface area (Å²) in [6.45, 7) is 6.92. The van der Waals surface area contributed by atoms with Crippen LogP contribution in [0.3, 0.4) is 0 Å². The summed E-state index contributed by atoms with van der Waals surface area (Å²) < 4.78 is 21.7. The van der Waals surface area contributed by atoms with Gasteiger partial charge in [-0.2, -0.15) is 0 Å². The first kappa shape index (κ1) is 32.7. The summed E-state index contributed by atoms with van der Waals surface area (Å²) in [5, 5.41) is 13.7. The fourth-order valence-electron chi connectivity index (χ4n) is 4.78. The third-order valence-corrected chi connectivity index (χ3v) is 6.95. The van der Waals surface area contributed by atoms with Crippen molar-refractivity contribution in [3.8, 4) is 0 Å². The van der Waals surface area contributed by atoms with Crippen LogP contribution in [0.1, 0.15) is 40.5 Å². The summed E-state index contributed by atoms with van der Waals surface area (Å²) >= 11 is 0. The van der Waals surface area contributed by atoms with Crippen LogP contribution in [0.4, 0.5) is 4.79 Å². The van der Waals surface area contributed by atoms with Crippen molar-refractivity contribution < 1.29 is 43.2 Å². The summed E-state index contributed by atoms with van der Waals surface area (Å²) in [5.74, 6) is -2.39. The Morgan fingerprint density at radius 2 is 1.77 bits per heavy atom. The van der Waals surface area contributed by atoms with Gasteiger partial charge in [0.25, 0.3) is 5.91 Å². The lowest BCUT2D eigenvalue weighted by Crippen LogP contribution is -2.37. The molecule has 0 spiro atoms. The second-order valence-electron chi connectivity index (χ2n) is 10.1. The van der Waals surface area contributed by atoms with Crippen molar-refractivity contribution in [1.29, 1.82) is 0 Å². The van der Waals surface area contributed by atoms with Crippen LogP contribution in [0.25, 0.3) is 0 Å². The van der Waals surface area contributed by atoms with Gasteiger partial charge in [-0.05, 0) is 38.2 Å². The minimum absolute atomic E-state index is 0.0801. The van der Waals surface area contributed by atoms with Gasteiger partial charge in [0, 0.05) is 37.4 Å². The zero-order valence-corrected chi connectivity index (χ0v) is 24.1. The summed E-state index contributed by atoms with van der Waals surface area (Å²) in [4.78, 5) is 50.6. The highest BCUT2D eigenvalue weighted by atomic mass is 16.6. The lowest BCUT2D eigenvalue weighted by atomic mass is 9.85. The number of rotatable bonds is 4. The Bertz CT molecular complexity index is 1150. The highest BCUT2D eigenvalue weighted by Crippen LogP contribution is 2.29. The SMILES string of the molecule is COC1=C2C[C@@H](C)CC(OC)[C@H](O)[C@@H](C)/C=C(\C)[C@H](OC(N)=O)[C@@H](OC)/C=C\C=C(/C)C(=O)NC(=CC1=O)C2=O. The highest BCUT2D eigenvalue weighted by molar-refractivity contribution is 6.23. The molecular formula is C29H40N2O9. The maximum absolute atomic E-state index is 13.3. The first-order valence-electron chi connectivity index (χ1n) is 13.0. The third kappa shape index (κ3) is 8.23. The van der Waals surface area contributed by atoms with Gasteiger partial charge in [0.05, 0.1) is 25.0 Å². The zero-order chi connectivity index (χ0) is 30.1. The molecule has 0 saturated carbocycles. The normalized spacial score (nSPS) is 32.7. The van der Waals surface area contributed by atoms with Gasteiger partial charge in [0.2, 0.25) is 11.6 Å². The van der Waals surface area contributed by atoms with E-state index in [0.717, 1.165) is 6.08 Å². The number of ketones is 2. The van der Waals surface area contributed by atoms with Crippen LogP contribution in [-0.4, -0.2) is 74.4 Å². The summed E-state index contributed by atoms with van der Waals surface area (Å²) in [6.07, 6.45) is 3.61. The van der Waals surface area contributed by atoms with Crippen molar-refractivity contribution in [2.45, 2.75) is 65.0 Å². The van der Waals surface area contributed by atoms with Gasteiger partial charge in [-0.15, -0.1) is 0 Å². The molecule has 0 radical (unpaired) electrons. The predicted octanol–water partition coefficient (Wildman–Crippen LogP) is 2.41. The molecule has 4 N–H and O–H groups in total. The molecule has 0 aromatic carbocycles. The Morgan fingerprint density at radius 3 is 2.35 bits per heavy atom. The first-order chi connectivity index (χ1) is 18.8. The van der Waals surface area contributed by atoms with E-state index in [-0.39, 0.29) is 34.9 Å². The lowest BCUT2D eigenvalue weighted by Gasteiger charge is -2.29. The molecule has 11 heteroatoms. The number of nitrogens with one attached hydrogen (secondary N) is 1. The van der Waals surface area contributed by atoms with Crippen molar-refractivity contribution in [2.75, 3.05) is 21.3 Å². The van der Waals surface area contributed by atoms with Crippen LogP contribution >= 0.6 is 0 Å². The van der Waals surface area contributed by atoms with Gasteiger partial charge in [-0.3, -0.25) is 14.4 Å². The molecular weight excluding hydrogens is 520 g/mol. The number of aliphatic hydroxyl groups excluding tert-OH is 1. The van der Waals surface area contributed by atoms with Crippen LogP contribution in [0.5, 0.6) is 0 Å². The number of nitrogens with two attached hydrogens (primary N) is 1. The molecule has 40 heavy (non-hydrogen) atoms. The molecule has 11 nitrogen and oxygen atoms in total. The molecule has 2 bridgehead atoms. The van der Waals surface area contributed by atoms with Gasteiger partial charge in [-0.1, -0.05) is 38.2 Å². The van der Waals surface area contributed by atoms with Crippen LogP contribution in [-0.2, 0) is 33.3 Å². The van der Waals surface area contributed by atoms with Gasteiger partial charge < -0.3 is 35.1 Å². The number of ether oxygens (including phenoxy) is 4. The fraction of sp³-hybridized carbons (Fsp3) is 0.517. The predicted molar refractivity (Wildman–Crippen MR) is 147 cm³/mol. The second-order valence-corrected chi connectivity index (χ2v) is 10.1. The Morgan fingerprint density at radius 1 is 1.10 bits per heavy atom. The number of carbonyl (C=O) groups is 4. The molecule has 2 rings (SSSR count). The maximum Gasteiger partial charge on any atom is 0.405 e. The number of allylic oxidation sites excluding steroid dienone is 4. The van der Waals surface area contributed by atoms with Gasteiger partial charge >= 0.3 is 6.09 Å². The number of Topliss-reactive ketones (excluding diaryl/α,β-unsaturated/α-hetero) is 1. The Balaban J connectivity index is 2.60. The van der Waals surface area contributed by atoms with Crippen LogP contribution in [0.15, 0.2) is 58.6 Å². The number of amides is 2. The molecule has 1 heterocycles. The monoisotopic (exact) mass is 560 g/mol. The van der Waals surface area contributed by atoms with Gasteiger partial charge in [0.15, 0.2) is 11.9 Å². The molecule has 1 aliphatic carbocycles. The van der Waals surface area contributed by atoms with Crippen molar-refractivity contribution >= 4 is 23.6 Å². The van der Waals surface area contributed by atoms with E-state index in [4.69, 9.17) is 24.7 Å². The number of primary amides is 1. The average Bonchev–Trinajstić information content (AvgIpc) is 2.90. The Kier molecular flexibility index (Phi) is 12.0. The number of methoxy groups -OCH3 is 3. The minimum Gasteiger partial charge on any atom is -0.492 e. The summed E-state index contributed by atoms with van der Waals surface area (Å²) in [5.41, 5.74) is 6.12. The molecule has 0 aromatic rings. The second kappa shape index (κ2) is 14.7. The van der Waals surface area contributed by atoms with Crippen LogP contribution in [0.2, 0.25) is 0 Å². The van der Waals surface area contributed by atoms with Crippen LogP contribution < -0.4 is 11.1 Å².